The molecule has 2 rings (SSSR count). The third-order valence-corrected chi connectivity index (χ3v) is 4.20. The van der Waals surface area contributed by atoms with Crippen molar-refractivity contribution in [3.05, 3.63) is 0 Å². The number of ether oxygens (including phenoxy) is 1. The third-order valence-electron chi connectivity index (χ3n) is 4.20. The molecular formula is C16H31N3O2. The first-order valence-electron chi connectivity index (χ1n) is 8.27. The van der Waals surface area contributed by atoms with Crippen molar-refractivity contribution in [2.24, 2.45) is 0 Å². The first-order chi connectivity index (χ1) is 9.87. The van der Waals surface area contributed by atoms with Gasteiger partial charge in [0, 0.05) is 38.3 Å². The summed E-state index contributed by atoms with van der Waals surface area (Å²) in [7, 11) is 2.20. The maximum Gasteiger partial charge on any atom is 0.410 e. The highest BCUT2D eigenvalue weighted by molar-refractivity contribution is 5.69. The summed E-state index contributed by atoms with van der Waals surface area (Å²) in [6.45, 7) is 9.53. The highest BCUT2D eigenvalue weighted by Crippen LogP contribution is 2.24. The normalized spacial score (nSPS) is 22.9. The number of amides is 1. The predicted octanol–water partition coefficient (Wildman–Crippen LogP) is 2.07. The molecule has 0 aromatic heterocycles. The van der Waals surface area contributed by atoms with E-state index < -0.39 is 5.60 Å². The van der Waals surface area contributed by atoms with E-state index in [9.17, 15) is 4.79 Å². The van der Waals surface area contributed by atoms with Crippen molar-refractivity contribution in [3.63, 3.8) is 0 Å². The molecule has 5 nitrogen and oxygen atoms in total. The lowest BCUT2D eigenvalue weighted by Gasteiger charge is -2.29. The van der Waals surface area contributed by atoms with Gasteiger partial charge in [0.05, 0.1) is 0 Å². The third kappa shape index (κ3) is 5.47. The van der Waals surface area contributed by atoms with Crippen LogP contribution in [-0.2, 0) is 4.74 Å². The van der Waals surface area contributed by atoms with Crippen molar-refractivity contribution in [2.75, 3.05) is 33.2 Å². The molecule has 1 aliphatic heterocycles. The van der Waals surface area contributed by atoms with E-state index in [2.05, 4.69) is 17.3 Å². The van der Waals surface area contributed by atoms with Crippen LogP contribution in [0, 0.1) is 0 Å². The Morgan fingerprint density at radius 3 is 2.67 bits per heavy atom. The number of carbonyl (C=O) groups excluding carboxylic acids is 1. The largest absolute Gasteiger partial charge is 0.444 e. The summed E-state index contributed by atoms with van der Waals surface area (Å²) in [4.78, 5) is 16.5. The Labute approximate surface area is 129 Å². The number of hydrogen-bond donors (Lipinski definition) is 1. The zero-order valence-corrected chi connectivity index (χ0v) is 14.0. The summed E-state index contributed by atoms with van der Waals surface area (Å²) in [5.41, 5.74) is -0.412. The van der Waals surface area contributed by atoms with Crippen LogP contribution in [0.5, 0.6) is 0 Å². The summed E-state index contributed by atoms with van der Waals surface area (Å²) in [6.07, 6.45) is 4.69. The molecule has 2 fully saturated rings. The van der Waals surface area contributed by atoms with Gasteiger partial charge < -0.3 is 19.9 Å². The molecule has 0 aromatic carbocycles. The Kier molecular flexibility index (Phi) is 5.49. The van der Waals surface area contributed by atoms with Gasteiger partial charge in [-0.25, -0.2) is 4.79 Å². The fourth-order valence-corrected chi connectivity index (χ4v) is 2.83. The molecule has 1 saturated heterocycles. The molecule has 0 bridgehead atoms. The molecular weight excluding hydrogens is 266 g/mol. The van der Waals surface area contributed by atoms with Gasteiger partial charge in [0.1, 0.15) is 5.60 Å². The smallest absolute Gasteiger partial charge is 0.410 e. The highest BCUT2D eigenvalue weighted by atomic mass is 16.6. The van der Waals surface area contributed by atoms with E-state index >= 15 is 0 Å². The SMILES string of the molecule is CN(CCNCC1CCCN1C(=O)OC(C)(C)C)C1CC1. The van der Waals surface area contributed by atoms with Gasteiger partial charge >= 0.3 is 6.09 Å². The average Bonchev–Trinajstić information content (AvgIpc) is 3.11. The van der Waals surface area contributed by atoms with Gasteiger partial charge in [0.2, 0.25) is 0 Å². The van der Waals surface area contributed by atoms with Gasteiger partial charge in [0.25, 0.3) is 0 Å². The molecule has 1 amide bonds. The highest BCUT2D eigenvalue weighted by Gasteiger charge is 2.32. The molecule has 21 heavy (non-hydrogen) atoms. The lowest BCUT2D eigenvalue weighted by molar-refractivity contribution is 0.0226. The van der Waals surface area contributed by atoms with Crippen LogP contribution in [0.4, 0.5) is 4.79 Å². The molecule has 1 aliphatic carbocycles. The van der Waals surface area contributed by atoms with Crippen LogP contribution in [0.25, 0.3) is 0 Å². The Balaban J connectivity index is 1.67. The Morgan fingerprint density at radius 2 is 2.05 bits per heavy atom. The van der Waals surface area contributed by atoms with Crippen molar-refractivity contribution in [2.45, 2.75) is 64.1 Å². The van der Waals surface area contributed by atoms with E-state index in [1.54, 1.807) is 0 Å². The van der Waals surface area contributed by atoms with E-state index in [0.29, 0.717) is 0 Å². The van der Waals surface area contributed by atoms with E-state index in [1.165, 1.54) is 12.8 Å². The number of carbonyl (C=O) groups is 1. The molecule has 1 N–H and O–H groups in total. The van der Waals surface area contributed by atoms with Gasteiger partial charge in [-0.05, 0) is 53.5 Å². The molecule has 1 saturated carbocycles. The van der Waals surface area contributed by atoms with Crippen molar-refractivity contribution in [3.8, 4) is 0 Å². The lowest BCUT2D eigenvalue weighted by atomic mass is 10.2. The summed E-state index contributed by atoms with van der Waals surface area (Å²) < 4.78 is 5.49. The van der Waals surface area contributed by atoms with Crippen LogP contribution in [-0.4, -0.2) is 66.8 Å². The summed E-state index contributed by atoms with van der Waals surface area (Å²) in [5, 5.41) is 3.50. The van der Waals surface area contributed by atoms with Crippen LogP contribution in [0.3, 0.4) is 0 Å². The van der Waals surface area contributed by atoms with Gasteiger partial charge in [0.15, 0.2) is 0 Å². The zero-order valence-electron chi connectivity index (χ0n) is 14.0. The molecule has 1 atom stereocenters. The van der Waals surface area contributed by atoms with Crippen LogP contribution >= 0.6 is 0 Å². The fourth-order valence-electron chi connectivity index (χ4n) is 2.83. The van der Waals surface area contributed by atoms with Gasteiger partial charge in [-0.15, -0.1) is 0 Å². The number of likely N-dealkylation sites (N-methyl/N-ethyl adjacent to an activating group) is 1. The molecule has 0 radical (unpaired) electrons. The second-order valence-electron chi connectivity index (χ2n) is 7.39. The van der Waals surface area contributed by atoms with Gasteiger partial charge in [-0.2, -0.15) is 0 Å². The van der Waals surface area contributed by atoms with Crippen LogP contribution < -0.4 is 5.32 Å². The van der Waals surface area contributed by atoms with E-state index in [0.717, 1.165) is 45.1 Å². The minimum absolute atomic E-state index is 0.165. The average molecular weight is 297 g/mol. The lowest BCUT2D eigenvalue weighted by Crippen LogP contribution is -2.45. The first-order valence-corrected chi connectivity index (χ1v) is 8.27. The van der Waals surface area contributed by atoms with Crippen LogP contribution in [0.1, 0.15) is 46.5 Å². The molecule has 1 heterocycles. The van der Waals surface area contributed by atoms with Gasteiger partial charge in [-0.1, -0.05) is 0 Å². The standard InChI is InChI=1S/C16H31N3O2/c1-16(2,3)21-15(20)19-10-5-6-14(19)12-17-9-11-18(4)13-7-8-13/h13-14,17H,5-12H2,1-4H3. The summed E-state index contributed by atoms with van der Waals surface area (Å²) in [6, 6.07) is 1.10. The quantitative estimate of drug-likeness (QED) is 0.762. The molecule has 122 valence electrons. The van der Waals surface area contributed by atoms with E-state index in [4.69, 9.17) is 4.74 Å². The fraction of sp³-hybridized carbons (Fsp3) is 0.938. The minimum atomic E-state index is -0.412. The monoisotopic (exact) mass is 297 g/mol. The van der Waals surface area contributed by atoms with E-state index in [-0.39, 0.29) is 12.1 Å². The van der Waals surface area contributed by atoms with Crippen LogP contribution in [0.15, 0.2) is 0 Å². The zero-order chi connectivity index (χ0) is 15.5. The maximum absolute atomic E-state index is 12.2. The number of nitrogens with one attached hydrogen (secondary N) is 1. The summed E-state index contributed by atoms with van der Waals surface area (Å²) >= 11 is 0. The molecule has 1 unspecified atom stereocenters. The number of nitrogens with zero attached hydrogens (tertiary/aromatic N) is 2. The molecule has 2 aliphatic rings. The van der Waals surface area contributed by atoms with Gasteiger partial charge in [-0.3, -0.25) is 0 Å². The Bertz CT molecular complexity index is 350. The Hall–Kier alpha value is -0.810. The van der Waals surface area contributed by atoms with Crippen LogP contribution in [0.2, 0.25) is 0 Å². The minimum Gasteiger partial charge on any atom is -0.444 e. The maximum atomic E-state index is 12.2. The second-order valence-corrected chi connectivity index (χ2v) is 7.39. The van der Waals surface area contributed by atoms with Crippen molar-refractivity contribution >= 4 is 6.09 Å². The van der Waals surface area contributed by atoms with Crippen molar-refractivity contribution in [1.29, 1.82) is 0 Å². The number of hydrogen-bond acceptors (Lipinski definition) is 4. The summed E-state index contributed by atoms with van der Waals surface area (Å²) in [5.74, 6) is 0. The Morgan fingerprint density at radius 1 is 1.33 bits per heavy atom. The topological polar surface area (TPSA) is 44.8 Å². The first kappa shape index (κ1) is 16.6. The number of likely N-dealkylation sites (tertiary alicyclic amines) is 1. The number of rotatable bonds is 6. The van der Waals surface area contributed by atoms with Crippen molar-refractivity contribution in [1.82, 2.24) is 15.1 Å². The van der Waals surface area contributed by atoms with E-state index in [1.807, 2.05) is 25.7 Å². The molecule has 0 aromatic rings. The molecule has 0 spiro atoms. The second kappa shape index (κ2) is 6.97. The molecule has 5 heteroatoms. The van der Waals surface area contributed by atoms with Crippen molar-refractivity contribution < 1.29 is 9.53 Å². The predicted molar refractivity (Wildman–Crippen MR) is 84.5 cm³/mol.